The minimum atomic E-state index is -0.0704. The van der Waals surface area contributed by atoms with Crippen LogP contribution in [0.3, 0.4) is 0 Å². The summed E-state index contributed by atoms with van der Waals surface area (Å²) in [6.07, 6.45) is 8.01. The first kappa shape index (κ1) is 18.2. The van der Waals surface area contributed by atoms with Crippen molar-refractivity contribution in [3.63, 3.8) is 0 Å². The van der Waals surface area contributed by atoms with Crippen LogP contribution in [0.1, 0.15) is 58.9 Å². The fourth-order valence-electron chi connectivity index (χ4n) is 5.73. The van der Waals surface area contributed by atoms with Crippen LogP contribution >= 0.6 is 0 Å². The van der Waals surface area contributed by atoms with Crippen molar-refractivity contribution in [2.75, 3.05) is 7.11 Å². The summed E-state index contributed by atoms with van der Waals surface area (Å²) in [5.41, 5.74) is 2.68. The number of fused-ring (bicyclic) bond motifs is 1. The van der Waals surface area contributed by atoms with Crippen molar-refractivity contribution in [1.29, 1.82) is 0 Å². The number of benzene rings is 1. The number of ether oxygens (including phenoxy) is 1. The number of allylic oxidation sites excluding steroid dienone is 2. The monoisotopic (exact) mass is 344 g/mol. The first-order chi connectivity index (χ1) is 11.7. The van der Waals surface area contributed by atoms with E-state index in [9.17, 15) is 10.2 Å². The molecule has 1 aromatic rings. The van der Waals surface area contributed by atoms with Gasteiger partial charge in [-0.3, -0.25) is 0 Å². The van der Waals surface area contributed by atoms with Crippen molar-refractivity contribution in [1.82, 2.24) is 0 Å². The lowest BCUT2D eigenvalue weighted by Gasteiger charge is -2.57. The van der Waals surface area contributed by atoms with Gasteiger partial charge < -0.3 is 14.9 Å². The van der Waals surface area contributed by atoms with Crippen molar-refractivity contribution >= 4 is 0 Å². The molecule has 2 aliphatic rings. The van der Waals surface area contributed by atoms with Gasteiger partial charge in [-0.15, -0.1) is 0 Å². The van der Waals surface area contributed by atoms with Crippen LogP contribution in [0.15, 0.2) is 23.8 Å². The molecule has 0 radical (unpaired) electrons. The van der Waals surface area contributed by atoms with E-state index in [4.69, 9.17) is 4.74 Å². The van der Waals surface area contributed by atoms with Crippen molar-refractivity contribution in [2.45, 2.75) is 59.8 Å². The first-order valence-corrected chi connectivity index (χ1v) is 9.45. The predicted octanol–water partition coefficient (Wildman–Crippen LogP) is 5.45. The quantitative estimate of drug-likeness (QED) is 0.566. The number of phenols is 2. The van der Waals surface area contributed by atoms with Gasteiger partial charge in [0.05, 0.1) is 7.11 Å². The molecule has 0 aromatic heterocycles. The van der Waals surface area contributed by atoms with Crippen molar-refractivity contribution in [3.05, 3.63) is 29.3 Å². The molecule has 0 bridgehead atoms. The van der Waals surface area contributed by atoms with E-state index in [-0.39, 0.29) is 16.9 Å². The van der Waals surface area contributed by atoms with Crippen LogP contribution in [0.25, 0.3) is 0 Å². The number of rotatable bonds is 3. The topological polar surface area (TPSA) is 49.7 Å². The Morgan fingerprint density at radius 1 is 1.16 bits per heavy atom. The molecule has 3 rings (SSSR count). The van der Waals surface area contributed by atoms with Gasteiger partial charge in [0.15, 0.2) is 11.5 Å². The maximum atomic E-state index is 10.5. The van der Waals surface area contributed by atoms with E-state index >= 15 is 0 Å². The third-order valence-electron chi connectivity index (χ3n) is 7.14. The summed E-state index contributed by atoms with van der Waals surface area (Å²) in [4.78, 5) is 0. The minimum Gasteiger partial charge on any atom is -0.504 e. The summed E-state index contributed by atoms with van der Waals surface area (Å²) in [5, 5.41) is 20.4. The number of hydrogen-bond acceptors (Lipinski definition) is 3. The summed E-state index contributed by atoms with van der Waals surface area (Å²) in [7, 11) is 1.62. The first-order valence-electron chi connectivity index (χ1n) is 9.45. The molecule has 2 aliphatic carbocycles. The zero-order valence-electron chi connectivity index (χ0n) is 16.2. The van der Waals surface area contributed by atoms with Crippen LogP contribution in [0.2, 0.25) is 0 Å². The molecule has 2 N–H and O–H groups in total. The second-order valence-electron chi connectivity index (χ2n) is 8.96. The van der Waals surface area contributed by atoms with Crippen molar-refractivity contribution in [2.24, 2.45) is 22.7 Å². The zero-order valence-corrected chi connectivity index (χ0v) is 16.2. The Balaban J connectivity index is 2.03. The van der Waals surface area contributed by atoms with Crippen molar-refractivity contribution < 1.29 is 14.9 Å². The van der Waals surface area contributed by atoms with E-state index in [2.05, 4.69) is 33.8 Å². The fraction of sp³-hybridized carbons (Fsp3) is 0.636. The van der Waals surface area contributed by atoms with Crippen LogP contribution < -0.4 is 4.74 Å². The molecule has 1 fully saturated rings. The molecule has 3 heteroatoms. The molecule has 138 valence electrons. The van der Waals surface area contributed by atoms with E-state index in [1.54, 1.807) is 13.2 Å². The van der Waals surface area contributed by atoms with Gasteiger partial charge >= 0.3 is 0 Å². The Hall–Kier alpha value is -1.64. The van der Waals surface area contributed by atoms with Crippen LogP contribution in [-0.2, 0) is 6.42 Å². The highest BCUT2D eigenvalue weighted by atomic mass is 16.5. The lowest BCUT2D eigenvalue weighted by atomic mass is 9.48. The summed E-state index contributed by atoms with van der Waals surface area (Å²) in [6.45, 7) is 9.48. The van der Waals surface area contributed by atoms with Crippen LogP contribution in [0.5, 0.6) is 17.2 Å². The average molecular weight is 344 g/mol. The van der Waals surface area contributed by atoms with E-state index in [0.29, 0.717) is 29.4 Å². The summed E-state index contributed by atoms with van der Waals surface area (Å²) >= 11 is 0. The molecule has 1 saturated carbocycles. The van der Waals surface area contributed by atoms with Gasteiger partial charge in [0.1, 0.15) is 5.75 Å². The Morgan fingerprint density at radius 3 is 2.56 bits per heavy atom. The Labute approximate surface area is 151 Å². The maximum absolute atomic E-state index is 10.5. The zero-order chi connectivity index (χ0) is 18.4. The van der Waals surface area contributed by atoms with Crippen LogP contribution in [0, 0.1) is 22.7 Å². The molecule has 3 nitrogen and oxygen atoms in total. The highest BCUT2D eigenvalue weighted by Gasteiger charge is 2.51. The van der Waals surface area contributed by atoms with Gasteiger partial charge in [-0.2, -0.15) is 0 Å². The number of hydrogen-bond donors (Lipinski definition) is 2. The highest BCUT2D eigenvalue weighted by Crippen LogP contribution is 2.60. The lowest BCUT2D eigenvalue weighted by molar-refractivity contribution is -0.0370. The van der Waals surface area contributed by atoms with E-state index in [1.807, 2.05) is 0 Å². The molecule has 3 atom stereocenters. The minimum absolute atomic E-state index is 0.0343. The molecule has 0 aliphatic heterocycles. The largest absolute Gasteiger partial charge is 0.504 e. The van der Waals surface area contributed by atoms with E-state index < -0.39 is 0 Å². The summed E-state index contributed by atoms with van der Waals surface area (Å²) < 4.78 is 5.48. The molecular weight excluding hydrogens is 312 g/mol. The van der Waals surface area contributed by atoms with Crippen LogP contribution in [0.4, 0.5) is 0 Å². The third-order valence-corrected chi connectivity index (χ3v) is 7.14. The summed E-state index contributed by atoms with van der Waals surface area (Å²) in [5.74, 6) is 1.55. The molecular formula is C22H32O3. The standard InChI is InChI=1S/C22H32O3/c1-14-7-10-19-21(2,3)11-6-12-22(19,4)16(14)13-15-18(25-5)9-8-17(23)20(15)24/h7-9,16,19,23-24H,6,10-13H2,1-5H3/t16-,19-,22+/m0/s1. The van der Waals surface area contributed by atoms with Gasteiger partial charge in [-0.1, -0.05) is 38.8 Å². The molecule has 0 spiro atoms. The van der Waals surface area contributed by atoms with Crippen molar-refractivity contribution in [3.8, 4) is 17.2 Å². The van der Waals surface area contributed by atoms with Gasteiger partial charge in [-0.05, 0) is 67.4 Å². The highest BCUT2D eigenvalue weighted by molar-refractivity contribution is 5.53. The second-order valence-corrected chi connectivity index (χ2v) is 8.96. The average Bonchev–Trinajstić information content (AvgIpc) is 2.54. The maximum Gasteiger partial charge on any atom is 0.164 e. The molecule has 25 heavy (non-hydrogen) atoms. The molecule has 0 unspecified atom stereocenters. The molecule has 0 saturated heterocycles. The Kier molecular flexibility index (Phi) is 4.55. The molecule has 0 amide bonds. The van der Waals surface area contributed by atoms with Crippen LogP contribution in [-0.4, -0.2) is 17.3 Å². The number of methoxy groups -OCH3 is 1. The van der Waals surface area contributed by atoms with Gasteiger partial charge in [0, 0.05) is 5.56 Å². The van der Waals surface area contributed by atoms with E-state index in [1.165, 1.54) is 30.9 Å². The van der Waals surface area contributed by atoms with E-state index in [0.717, 1.165) is 12.0 Å². The van der Waals surface area contributed by atoms with Gasteiger partial charge in [-0.25, -0.2) is 0 Å². The molecule has 1 aromatic carbocycles. The second kappa shape index (κ2) is 6.26. The predicted molar refractivity (Wildman–Crippen MR) is 101 cm³/mol. The van der Waals surface area contributed by atoms with Gasteiger partial charge in [0.25, 0.3) is 0 Å². The smallest absolute Gasteiger partial charge is 0.164 e. The summed E-state index contributed by atoms with van der Waals surface area (Å²) in [6, 6.07) is 3.24. The third kappa shape index (κ3) is 2.92. The number of phenolic OH excluding ortho intramolecular Hbond substituents is 2. The lowest BCUT2D eigenvalue weighted by Crippen LogP contribution is -2.49. The molecule has 0 heterocycles. The Morgan fingerprint density at radius 2 is 1.88 bits per heavy atom. The van der Waals surface area contributed by atoms with Gasteiger partial charge in [0.2, 0.25) is 0 Å². The normalized spacial score (nSPS) is 31.2. The SMILES string of the molecule is COc1ccc(O)c(O)c1C[C@H]1C(C)=CC[C@H]2C(C)(C)CCC[C@]12C. The number of aromatic hydroxyl groups is 2. The fourth-order valence-corrected chi connectivity index (χ4v) is 5.73. The Bertz CT molecular complexity index is 689.